The summed E-state index contributed by atoms with van der Waals surface area (Å²) in [6.07, 6.45) is 0. The van der Waals surface area contributed by atoms with Crippen molar-refractivity contribution in [3.63, 3.8) is 0 Å². The fourth-order valence-electron chi connectivity index (χ4n) is 1.29. The van der Waals surface area contributed by atoms with Crippen molar-refractivity contribution in [2.24, 2.45) is 0 Å². The normalized spacial score (nSPS) is 10.0. The molecule has 0 spiro atoms. The van der Waals surface area contributed by atoms with Gasteiger partial charge in [-0.05, 0) is 13.1 Å². The summed E-state index contributed by atoms with van der Waals surface area (Å²) < 4.78 is 23.4. The van der Waals surface area contributed by atoms with E-state index in [2.05, 4.69) is 5.32 Å². The first-order valence-electron chi connectivity index (χ1n) is 4.28. The molecule has 0 fully saturated rings. The Morgan fingerprint density at radius 1 is 1.29 bits per heavy atom. The summed E-state index contributed by atoms with van der Waals surface area (Å²) in [5.41, 5.74) is 0.772. The van der Waals surface area contributed by atoms with Gasteiger partial charge in [0, 0.05) is 12.1 Å². The summed E-state index contributed by atoms with van der Waals surface area (Å²) >= 11 is 0. The fourth-order valence-corrected chi connectivity index (χ4v) is 1.29. The monoisotopic (exact) mass is 199 g/mol. The van der Waals surface area contributed by atoms with Gasteiger partial charge in [0.25, 0.3) is 0 Å². The van der Waals surface area contributed by atoms with Crippen LogP contribution in [0.3, 0.4) is 0 Å². The lowest BCUT2D eigenvalue weighted by Crippen LogP contribution is -2.08. The van der Waals surface area contributed by atoms with Crippen molar-refractivity contribution in [1.82, 2.24) is 5.32 Å². The van der Waals surface area contributed by atoms with E-state index < -0.39 is 5.82 Å². The molecule has 1 rings (SSSR count). The minimum absolute atomic E-state index is 0.196. The molecule has 0 radical (unpaired) electrons. The summed E-state index contributed by atoms with van der Waals surface area (Å²) in [5, 5.41) is 2.94. The SMILES string of the molecule is CNCc1ccc(OC)c(F)c1OC. The Kier molecular flexibility index (Phi) is 3.71. The van der Waals surface area contributed by atoms with E-state index >= 15 is 0 Å². The molecule has 0 heterocycles. The second kappa shape index (κ2) is 4.81. The van der Waals surface area contributed by atoms with Crippen LogP contribution in [0, 0.1) is 5.82 Å². The van der Waals surface area contributed by atoms with E-state index in [1.807, 2.05) is 0 Å². The number of halogens is 1. The Morgan fingerprint density at radius 3 is 2.50 bits per heavy atom. The molecule has 78 valence electrons. The van der Waals surface area contributed by atoms with Gasteiger partial charge in [0.1, 0.15) is 0 Å². The van der Waals surface area contributed by atoms with Gasteiger partial charge in [-0.3, -0.25) is 0 Å². The van der Waals surface area contributed by atoms with Crippen molar-refractivity contribution in [3.8, 4) is 11.5 Å². The van der Waals surface area contributed by atoms with E-state index in [-0.39, 0.29) is 11.5 Å². The molecule has 1 aromatic rings. The van der Waals surface area contributed by atoms with Gasteiger partial charge in [-0.15, -0.1) is 0 Å². The molecule has 4 heteroatoms. The van der Waals surface area contributed by atoms with Gasteiger partial charge in [-0.1, -0.05) is 6.07 Å². The first kappa shape index (κ1) is 10.8. The number of hydrogen-bond acceptors (Lipinski definition) is 3. The van der Waals surface area contributed by atoms with Gasteiger partial charge in [-0.2, -0.15) is 4.39 Å². The fraction of sp³-hybridized carbons (Fsp3) is 0.400. The Hall–Kier alpha value is -1.29. The molecule has 0 unspecified atom stereocenters. The van der Waals surface area contributed by atoms with Crippen LogP contribution >= 0.6 is 0 Å². The Morgan fingerprint density at radius 2 is 2.00 bits per heavy atom. The number of rotatable bonds is 4. The van der Waals surface area contributed by atoms with Crippen LogP contribution in [0.5, 0.6) is 11.5 Å². The molecule has 3 nitrogen and oxygen atoms in total. The van der Waals surface area contributed by atoms with E-state index in [4.69, 9.17) is 9.47 Å². The molecule has 0 aromatic heterocycles. The topological polar surface area (TPSA) is 30.5 Å². The summed E-state index contributed by atoms with van der Waals surface area (Å²) in [6.45, 7) is 0.560. The quantitative estimate of drug-likeness (QED) is 0.798. The van der Waals surface area contributed by atoms with Crippen LogP contribution in [0.25, 0.3) is 0 Å². The molecule has 14 heavy (non-hydrogen) atoms. The predicted octanol–water partition coefficient (Wildman–Crippen LogP) is 1.56. The van der Waals surface area contributed by atoms with Crippen LogP contribution < -0.4 is 14.8 Å². The van der Waals surface area contributed by atoms with Gasteiger partial charge in [0.05, 0.1) is 14.2 Å². The minimum atomic E-state index is -0.456. The molecule has 0 bridgehead atoms. The third-order valence-corrected chi connectivity index (χ3v) is 1.93. The average molecular weight is 199 g/mol. The van der Waals surface area contributed by atoms with Crippen LogP contribution in [0.2, 0.25) is 0 Å². The van der Waals surface area contributed by atoms with Gasteiger partial charge in [-0.25, -0.2) is 0 Å². The first-order valence-corrected chi connectivity index (χ1v) is 4.28. The summed E-state index contributed by atoms with van der Waals surface area (Å²) in [5.74, 6) is -0.0249. The highest BCUT2D eigenvalue weighted by Gasteiger charge is 2.13. The lowest BCUT2D eigenvalue weighted by molar-refractivity contribution is 0.347. The highest BCUT2D eigenvalue weighted by molar-refractivity contribution is 5.42. The van der Waals surface area contributed by atoms with Crippen molar-refractivity contribution in [2.75, 3.05) is 21.3 Å². The number of benzene rings is 1. The highest BCUT2D eigenvalue weighted by atomic mass is 19.1. The van der Waals surface area contributed by atoms with E-state index in [0.29, 0.717) is 6.54 Å². The highest BCUT2D eigenvalue weighted by Crippen LogP contribution is 2.29. The van der Waals surface area contributed by atoms with Crippen LogP contribution in [0.15, 0.2) is 12.1 Å². The summed E-state index contributed by atoms with van der Waals surface area (Å²) in [4.78, 5) is 0. The Labute approximate surface area is 82.8 Å². The zero-order valence-electron chi connectivity index (χ0n) is 8.56. The third-order valence-electron chi connectivity index (χ3n) is 1.93. The second-order valence-electron chi connectivity index (χ2n) is 2.80. The number of methoxy groups -OCH3 is 2. The van der Waals surface area contributed by atoms with Crippen molar-refractivity contribution >= 4 is 0 Å². The zero-order valence-corrected chi connectivity index (χ0v) is 8.56. The Balaban J connectivity index is 3.14. The molecular formula is C10H14FNO2. The van der Waals surface area contributed by atoms with Crippen molar-refractivity contribution < 1.29 is 13.9 Å². The van der Waals surface area contributed by atoms with Gasteiger partial charge >= 0.3 is 0 Å². The summed E-state index contributed by atoms with van der Waals surface area (Å²) in [6, 6.07) is 3.36. The third kappa shape index (κ3) is 1.96. The van der Waals surface area contributed by atoms with Crippen molar-refractivity contribution in [1.29, 1.82) is 0 Å². The maximum absolute atomic E-state index is 13.6. The minimum Gasteiger partial charge on any atom is -0.494 e. The molecule has 0 saturated carbocycles. The average Bonchev–Trinajstić information content (AvgIpc) is 2.19. The second-order valence-corrected chi connectivity index (χ2v) is 2.80. The maximum atomic E-state index is 13.6. The first-order chi connectivity index (χ1) is 6.74. The van der Waals surface area contributed by atoms with E-state index in [1.165, 1.54) is 14.2 Å². The standard InChI is InChI=1S/C10H14FNO2/c1-12-6-7-4-5-8(13-2)9(11)10(7)14-3/h4-5,12H,6H2,1-3H3. The van der Waals surface area contributed by atoms with E-state index in [9.17, 15) is 4.39 Å². The van der Waals surface area contributed by atoms with E-state index in [1.54, 1.807) is 19.2 Å². The molecule has 1 aromatic carbocycles. The molecule has 0 aliphatic heterocycles. The molecule has 0 aliphatic carbocycles. The molecule has 1 N–H and O–H groups in total. The number of hydrogen-bond donors (Lipinski definition) is 1. The van der Waals surface area contributed by atoms with Gasteiger partial charge < -0.3 is 14.8 Å². The lowest BCUT2D eigenvalue weighted by Gasteiger charge is -2.11. The largest absolute Gasteiger partial charge is 0.494 e. The van der Waals surface area contributed by atoms with Gasteiger partial charge in [0.2, 0.25) is 5.82 Å². The lowest BCUT2D eigenvalue weighted by atomic mass is 10.2. The molecule has 0 atom stereocenters. The van der Waals surface area contributed by atoms with Crippen LogP contribution in [-0.4, -0.2) is 21.3 Å². The maximum Gasteiger partial charge on any atom is 0.207 e. The predicted molar refractivity (Wildman–Crippen MR) is 52.3 cm³/mol. The number of nitrogens with one attached hydrogen (secondary N) is 1. The summed E-state index contributed by atoms with van der Waals surface area (Å²) in [7, 11) is 4.66. The van der Waals surface area contributed by atoms with Gasteiger partial charge in [0.15, 0.2) is 11.5 Å². The molecule has 0 saturated heterocycles. The van der Waals surface area contributed by atoms with Crippen LogP contribution in [0.4, 0.5) is 4.39 Å². The van der Waals surface area contributed by atoms with Crippen LogP contribution in [0.1, 0.15) is 5.56 Å². The molecular weight excluding hydrogens is 185 g/mol. The molecule has 0 aliphatic rings. The zero-order chi connectivity index (χ0) is 10.6. The Bertz CT molecular complexity index is 315. The number of ether oxygens (including phenoxy) is 2. The molecule has 0 amide bonds. The van der Waals surface area contributed by atoms with Crippen molar-refractivity contribution in [3.05, 3.63) is 23.5 Å². The van der Waals surface area contributed by atoms with Crippen LogP contribution in [-0.2, 0) is 6.54 Å². The smallest absolute Gasteiger partial charge is 0.207 e. The van der Waals surface area contributed by atoms with Crippen molar-refractivity contribution in [2.45, 2.75) is 6.54 Å². The van der Waals surface area contributed by atoms with E-state index in [0.717, 1.165) is 5.56 Å².